The van der Waals surface area contributed by atoms with Gasteiger partial charge in [0.05, 0.1) is 11.6 Å². The molecule has 1 fully saturated rings. The van der Waals surface area contributed by atoms with Gasteiger partial charge < -0.3 is 20.3 Å². The molecule has 2 heterocycles. The van der Waals surface area contributed by atoms with Crippen LogP contribution in [-0.2, 0) is 11.2 Å². The molecular formula is C17H31N5OS. The predicted octanol–water partition coefficient (Wildman–Crippen LogP) is 1.66. The Kier molecular flexibility index (Phi) is 8.49. The molecule has 0 unspecified atom stereocenters. The Balaban J connectivity index is 1.75. The van der Waals surface area contributed by atoms with Gasteiger partial charge >= 0.3 is 0 Å². The largest absolute Gasteiger partial charge is 0.383 e. The molecule has 0 amide bonds. The number of piperidine rings is 1. The molecule has 0 saturated carbocycles. The van der Waals surface area contributed by atoms with Gasteiger partial charge in [0.15, 0.2) is 5.96 Å². The van der Waals surface area contributed by atoms with Crippen LogP contribution in [-0.4, -0.2) is 68.3 Å². The Hall–Kier alpha value is -1.18. The lowest BCUT2D eigenvalue weighted by molar-refractivity contribution is 0.128. The first kappa shape index (κ1) is 19.1. The van der Waals surface area contributed by atoms with Crippen LogP contribution in [0.4, 0.5) is 0 Å². The number of ether oxygens (including phenoxy) is 1. The SMILES string of the molecule is CCNC(=NCCc1ncc(C)s1)NC1CCN(CCOC)CC1. The average Bonchev–Trinajstić information content (AvgIpc) is 3.00. The van der Waals surface area contributed by atoms with Crippen molar-refractivity contribution in [1.29, 1.82) is 0 Å². The van der Waals surface area contributed by atoms with E-state index in [0.717, 1.165) is 64.6 Å². The number of thiazole rings is 1. The minimum absolute atomic E-state index is 0.503. The van der Waals surface area contributed by atoms with E-state index in [4.69, 9.17) is 9.73 Å². The van der Waals surface area contributed by atoms with Crippen LogP contribution in [0.2, 0.25) is 0 Å². The van der Waals surface area contributed by atoms with Gasteiger partial charge in [-0.2, -0.15) is 0 Å². The molecule has 136 valence electrons. The molecule has 7 heteroatoms. The zero-order valence-corrected chi connectivity index (χ0v) is 16.0. The van der Waals surface area contributed by atoms with Crippen molar-refractivity contribution in [2.24, 2.45) is 4.99 Å². The number of aromatic nitrogens is 1. The van der Waals surface area contributed by atoms with Crippen molar-refractivity contribution in [1.82, 2.24) is 20.5 Å². The molecule has 0 bridgehead atoms. The minimum Gasteiger partial charge on any atom is -0.383 e. The molecule has 1 aromatic rings. The van der Waals surface area contributed by atoms with Gasteiger partial charge in [0.1, 0.15) is 0 Å². The highest BCUT2D eigenvalue weighted by Crippen LogP contribution is 2.12. The highest BCUT2D eigenvalue weighted by molar-refractivity contribution is 7.11. The van der Waals surface area contributed by atoms with Crippen LogP contribution >= 0.6 is 11.3 Å². The van der Waals surface area contributed by atoms with Crippen LogP contribution in [0.5, 0.6) is 0 Å². The number of hydrogen-bond acceptors (Lipinski definition) is 5. The van der Waals surface area contributed by atoms with E-state index in [1.54, 1.807) is 18.4 Å². The second-order valence-electron chi connectivity index (χ2n) is 6.13. The Morgan fingerprint density at radius 2 is 2.25 bits per heavy atom. The zero-order chi connectivity index (χ0) is 17.2. The van der Waals surface area contributed by atoms with Gasteiger partial charge in [-0.05, 0) is 26.7 Å². The molecule has 2 rings (SSSR count). The van der Waals surface area contributed by atoms with Gasteiger partial charge in [0, 0.05) is 63.4 Å². The highest BCUT2D eigenvalue weighted by Gasteiger charge is 2.19. The Labute approximate surface area is 149 Å². The van der Waals surface area contributed by atoms with E-state index in [-0.39, 0.29) is 0 Å². The summed E-state index contributed by atoms with van der Waals surface area (Å²) in [6, 6.07) is 0.503. The fourth-order valence-electron chi connectivity index (χ4n) is 2.82. The first-order valence-corrected chi connectivity index (χ1v) is 9.70. The summed E-state index contributed by atoms with van der Waals surface area (Å²) >= 11 is 1.76. The average molecular weight is 354 g/mol. The molecule has 0 radical (unpaired) electrons. The Morgan fingerprint density at radius 3 is 2.88 bits per heavy atom. The first-order valence-electron chi connectivity index (χ1n) is 8.88. The van der Waals surface area contributed by atoms with E-state index >= 15 is 0 Å². The molecule has 1 aliphatic rings. The van der Waals surface area contributed by atoms with Crippen LogP contribution in [0, 0.1) is 6.92 Å². The van der Waals surface area contributed by atoms with Crippen LogP contribution in [0.3, 0.4) is 0 Å². The molecule has 6 nitrogen and oxygen atoms in total. The van der Waals surface area contributed by atoms with Gasteiger partial charge in [0.2, 0.25) is 0 Å². The van der Waals surface area contributed by atoms with Crippen molar-refractivity contribution < 1.29 is 4.74 Å². The van der Waals surface area contributed by atoms with Crippen molar-refractivity contribution in [3.05, 3.63) is 16.1 Å². The van der Waals surface area contributed by atoms with Crippen LogP contribution < -0.4 is 10.6 Å². The maximum Gasteiger partial charge on any atom is 0.191 e. The Morgan fingerprint density at radius 1 is 1.46 bits per heavy atom. The van der Waals surface area contributed by atoms with E-state index < -0.39 is 0 Å². The molecular weight excluding hydrogens is 322 g/mol. The minimum atomic E-state index is 0.503. The van der Waals surface area contributed by atoms with E-state index in [0.29, 0.717) is 6.04 Å². The van der Waals surface area contributed by atoms with Crippen molar-refractivity contribution in [3.63, 3.8) is 0 Å². The molecule has 0 aromatic carbocycles. The second-order valence-corrected chi connectivity index (χ2v) is 7.45. The number of rotatable bonds is 8. The Bertz CT molecular complexity index is 497. The molecule has 0 atom stereocenters. The summed E-state index contributed by atoms with van der Waals surface area (Å²) in [4.78, 5) is 12.8. The number of hydrogen-bond donors (Lipinski definition) is 2. The number of nitrogens with one attached hydrogen (secondary N) is 2. The number of likely N-dealkylation sites (tertiary alicyclic amines) is 1. The molecule has 0 spiro atoms. The molecule has 1 aliphatic heterocycles. The van der Waals surface area contributed by atoms with E-state index in [1.807, 2.05) is 6.20 Å². The fourth-order valence-corrected chi connectivity index (χ4v) is 3.59. The lowest BCUT2D eigenvalue weighted by Gasteiger charge is -2.32. The lowest BCUT2D eigenvalue weighted by atomic mass is 10.1. The van der Waals surface area contributed by atoms with Gasteiger partial charge in [0.25, 0.3) is 0 Å². The topological polar surface area (TPSA) is 61.8 Å². The highest BCUT2D eigenvalue weighted by atomic mass is 32.1. The summed E-state index contributed by atoms with van der Waals surface area (Å²) < 4.78 is 5.16. The van der Waals surface area contributed by atoms with E-state index in [2.05, 4.69) is 34.4 Å². The third-order valence-electron chi connectivity index (χ3n) is 4.15. The summed E-state index contributed by atoms with van der Waals surface area (Å²) in [6.45, 7) is 9.95. The van der Waals surface area contributed by atoms with Crippen LogP contribution in [0.25, 0.3) is 0 Å². The van der Waals surface area contributed by atoms with Gasteiger partial charge in [-0.1, -0.05) is 0 Å². The first-order chi connectivity index (χ1) is 11.7. The summed E-state index contributed by atoms with van der Waals surface area (Å²) in [5.41, 5.74) is 0. The van der Waals surface area contributed by atoms with Gasteiger partial charge in [-0.25, -0.2) is 4.98 Å². The van der Waals surface area contributed by atoms with Gasteiger partial charge in [-0.3, -0.25) is 4.99 Å². The number of aryl methyl sites for hydroxylation is 1. The standard InChI is InChI=1S/C17H31N5OS/c1-4-18-17(19-8-5-16-20-13-14(2)24-16)21-15-6-9-22(10-7-15)11-12-23-3/h13,15H,4-12H2,1-3H3,(H2,18,19,21). The molecule has 2 N–H and O–H groups in total. The van der Waals surface area contributed by atoms with Crippen molar-refractivity contribution in [3.8, 4) is 0 Å². The van der Waals surface area contributed by atoms with Crippen molar-refractivity contribution >= 4 is 17.3 Å². The maximum absolute atomic E-state index is 5.16. The predicted molar refractivity (Wildman–Crippen MR) is 101 cm³/mol. The van der Waals surface area contributed by atoms with Gasteiger partial charge in [-0.15, -0.1) is 11.3 Å². The van der Waals surface area contributed by atoms with Crippen molar-refractivity contribution in [2.75, 3.05) is 46.4 Å². The van der Waals surface area contributed by atoms with Crippen LogP contribution in [0.1, 0.15) is 29.7 Å². The molecule has 0 aliphatic carbocycles. The van der Waals surface area contributed by atoms with E-state index in [1.165, 1.54) is 9.88 Å². The monoisotopic (exact) mass is 353 g/mol. The molecule has 1 saturated heterocycles. The number of nitrogens with zero attached hydrogens (tertiary/aromatic N) is 3. The number of methoxy groups -OCH3 is 1. The smallest absolute Gasteiger partial charge is 0.191 e. The van der Waals surface area contributed by atoms with Crippen LogP contribution in [0.15, 0.2) is 11.2 Å². The third-order valence-corrected chi connectivity index (χ3v) is 5.12. The fraction of sp³-hybridized carbons (Fsp3) is 0.765. The summed E-state index contributed by atoms with van der Waals surface area (Å²) in [5, 5.41) is 8.11. The number of guanidine groups is 1. The normalized spacial score (nSPS) is 17.2. The molecule has 24 heavy (non-hydrogen) atoms. The van der Waals surface area contributed by atoms with E-state index in [9.17, 15) is 0 Å². The molecule has 1 aromatic heterocycles. The number of aliphatic imine (C=N–C) groups is 1. The second kappa shape index (κ2) is 10.6. The third kappa shape index (κ3) is 6.75. The van der Waals surface area contributed by atoms with Crippen molar-refractivity contribution in [2.45, 2.75) is 39.2 Å². The summed E-state index contributed by atoms with van der Waals surface area (Å²) in [5.74, 6) is 0.932. The zero-order valence-electron chi connectivity index (χ0n) is 15.2. The quantitative estimate of drug-likeness (QED) is 0.550. The summed E-state index contributed by atoms with van der Waals surface area (Å²) in [7, 11) is 1.76. The maximum atomic E-state index is 5.16. The lowest BCUT2D eigenvalue weighted by Crippen LogP contribution is -2.49. The summed E-state index contributed by atoms with van der Waals surface area (Å²) in [6.07, 6.45) is 5.15.